The number of rotatable bonds is 7. The van der Waals surface area contributed by atoms with E-state index < -0.39 is 28.3 Å². The summed E-state index contributed by atoms with van der Waals surface area (Å²) in [7, 11) is -1.80. The highest BCUT2D eigenvalue weighted by Crippen LogP contribution is 2.16. The van der Waals surface area contributed by atoms with Gasteiger partial charge < -0.3 is 14.8 Å². The van der Waals surface area contributed by atoms with Gasteiger partial charge in [-0.3, -0.25) is 4.79 Å². The number of esters is 1. The third kappa shape index (κ3) is 5.32. The zero-order valence-corrected chi connectivity index (χ0v) is 15.2. The molecule has 7 nitrogen and oxygen atoms in total. The topological polar surface area (TPSA) is 98.8 Å². The van der Waals surface area contributed by atoms with Crippen molar-refractivity contribution in [3.63, 3.8) is 0 Å². The molecule has 0 radical (unpaired) electrons. The van der Waals surface area contributed by atoms with E-state index in [2.05, 4.69) is 5.32 Å². The number of ether oxygens (including phenoxy) is 2. The first-order valence-electron chi connectivity index (χ1n) is 7.67. The first-order valence-corrected chi connectivity index (χ1v) is 9.56. The number of benzene rings is 2. The Kier molecular flexibility index (Phi) is 6.35. The molecule has 0 atom stereocenters. The Morgan fingerprint density at radius 3 is 2.31 bits per heavy atom. The number of nitrogens with one attached hydrogen (secondary N) is 1. The average Bonchev–Trinajstić information content (AvgIpc) is 2.64. The van der Waals surface area contributed by atoms with Gasteiger partial charge in [0.2, 0.25) is 0 Å². The molecule has 0 spiro atoms. The molecule has 1 amide bonds. The van der Waals surface area contributed by atoms with Gasteiger partial charge in [-0.05, 0) is 30.3 Å². The molecule has 0 bridgehead atoms. The van der Waals surface area contributed by atoms with Crippen LogP contribution in [0.5, 0.6) is 5.75 Å². The predicted molar refractivity (Wildman–Crippen MR) is 94.7 cm³/mol. The van der Waals surface area contributed by atoms with E-state index in [0.717, 1.165) is 11.8 Å². The number of sulfone groups is 1. The van der Waals surface area contributed by atoms with Crippen molar-refractivity contribution in [1.29, 1.82) is 0 Å². The lowest BCUT2D eigenvalue weighted by Gasteiger charge is -2.10. The summed E-state index contributed by atoms with van der Waals surface area (Å²) in [6.07, 6.45) is 1.08. The van der Waals surface area contributed by atoms with Gasteiger partial charge in [0.25, 0.3) is 5.91 Å². The van der Waals surface area contributed by atoms with Gasteiger partial charge in [-0.1, -0.05) is 18.2 Å². The molecule has 2 aromatic carbocycles. The average molecular weight is 377 g/mol. The van der Waals surface area contributed by atoms with E-state index in [-0.39, 0.29) is 17.0 Å². The van der Waals surface area contributed by atoms with Crippen molar-refractivity contribution >= 4 is 21.7 Å². The molecular weight excluding hydrogens is 358 g/mol. The van der Waals surface area contributed by atoms with Crippen molar-refractivity contribution < 1.29 is 27.5 Å². The maximum Gasteiger partial charge on any atom is 0.338 e. The maximum atomic E-state index is 11.9. The fourth-order valence-electron chi connectivity index (χ4n) is 2.15. The Labute approximate surface area is 151 Å². The number of amides is 1. The number of methoxy groups -OCH3 is 1. The molecule has 0 unspecified atom stereocenters. The van der Waals surface area contributed by atoms with Crippen LogP contribution in [0.4, 0.5) is 0 Å². The highest BCUT2D eigenvalue weighted by molar-refractivity contribution is 7.90. The lowest BCUT2D eigenvalue weighted by atomic mass is 10.2. The van der Waals surface area contributed by atoms with Crippen molar-refractivity contribution in [2.45, 2.75) is 11.4 Å². The summed E-state index contributed by atoms with van der Waals surface area (Å²) in [6.45, 7) is -0.203. The van der Waals surface area contributed by atoms with Crippen LogP contribution in [0.2, 0.25) is 0 Å². The third-order valence-electron chi connectivity index (χ3n) is 3.52. The third-order valence-corrected chi connectivity index (χ3v) is 4.65. The fraction of sp³-hybridized carbons (Fsp3) is 0.222. The van der Waals surface area contributed by atoms with Crippen LogP contribution in [0, 0.1) is 0 Å². The second-order valence-corrected chi connectivity index (χ2v) is 7.48. The molecule has 0 aromatic heterocycles. The molecule has 0 aliphatic carbocycles. The smallest absolute Gasteiger partial charge is 0.338 e. The molecule has 2 aromatic rings. The highest BCUT2D eigenvalue weighted by Gasteiger charge is 2.13. The van der Waals surface area contributed by atoms with Crippen molar-refractivity contribution in [1.82, 2.24) is 5.32 Å². The zero-order valence-electron chi connectivity index (χ0n) is 14.4. The van der Waals surface area contributed by atoms with Crippen LogP contribution < -0.4 is 10.1 Å². The standard InChI is InChI=1S/C18H19NO6S/c1-24-16-6-4-3-5-14(16)11-19-17(20)12-25-18(21)13-7-9-15(10-8-13)26(2,22)23/h3-10H,11-12H2,1-2H3,(H,19,20). The number of hydrogen-bond donors (Lipinski definition) is 1. The molecule has 138 valence electrons. The second kappa shape index (κ2) is 8.48. The van der Waals surface area contributed by atoms with E-state index in [1.54, 1.807) is 6.07 Å². The summed E-state index contributed by atoms with van der Waals surface area (Å²) in [4.78, 5) is 23.8. The molecule has 0 saturated heterocycles. The summed E-state index contributed by atoms with van der Waals surface area (Å²) in [5.74, 6) is -0.523. The SMILES string of the molecule is COc1ccccc1CNC(=O)COC(=O)c1ccc(S(C)(=O)=O)cc1. The lowest BCUT2D eigenvalue weighted by Crippen LogP contribution is -2.28. The monoisotopic (exact) mass is 377 g/mol. The normalized spacial score (nSPS) is 10.8. The van der Waals surface area contributed by atoms with Gasteiger partial charge in [0.1, 0.15) is 5.75 Å². The maximum absolute atomic E-state index is 11.9. The molecule has 1 N–H and O–H groups in total. The number of para-hydroxylation sites is 1. The van der Waals surface area contributed by atoms with Crippen molar-refractivity contribution in [3.8, 4) is 5.75 Å². The molecule has 26 heavy (non-hydrogen) atoms. The van der Waals surface area contributed by atoms with Crippen LogP contribution in [0.25, 0.3) is 0 Å². The van der Waals surface area contributed by atoms with E-state index >= 15 is 0 Å². The Morgan fingerprint density at radius 2 is 1.69 bits per heavy atom. The molecule has 2 rings (SSSR count). The highest BCUT2D eigenvalue weighted by atomic mass is 32.2. The molecule has 8 heteroatoms. The Hall–Kier alpha value is -2.87. The molecule has 0 aliphatic rings. The minimum atomic E-state index is -3.34. The van der Waals surface area contributed by atoms with Crippen LogP contribution in [-0.2, 0) is 25.9 Å². The van der Waals surface area contributed by atoms with Crippen LogP contribution in [0.1, 0.15) is 15.9 Å². The predicted octanol–water partition coefficient (Wildman–Crippen LogP) is 1.57. The molecule has 0 aliphatic heterocycles. The van der Waals surface area contributed by atoms with Gasteiger partial charge in [-0.2, -0.15) is 0 Å². The Balaban J connectivity index is 1.86. The fourth-order valence-corrected chi connectivity index (χ4v) is 2.78. The molecule has 0 heterocycles. The first-order chi connectivity index (χ1) is 12.3. The summed E-state index contributed by atoms with van der Waals surface area (Å²) in [5, 5.41) is 2.63. The summed E-state index contributed by atoms with van der Waals surface area (Å²) >= 11 is 0. The number of hydrogen-bond acceptors (Lipinski definition) is 6. The minimum absolute atomic E-state index is 0.101. The molecule has 0 saturated carbocycles. The minimum Gasteiger partial charge on any atom is -0.496 e. The van der Waals surface area contributed by atoms with Crippen LogP contribution in [-0.4, -0.2) is 40.3 Å². The quantitative estimate of drug-likeness (QED) is 0.736. The van der Waals surface area contributed by atoms with E-state index in [9.17, 15) is 18.0 Å². The Morgan fingerprint density at radius 1 is 1.04 bits per heavy atom. The van der Waals surface area contributed by atoms with Crippen LogP contribution in [0.15, 0.2) is 53.4 Å². The van der Waals surface area contributed by atoms with Crippen molar-refractivity contribution in [3.05, 3.63) is 59.7 Å². The molecular formula is C18H19NO6S. The lowest BCUT2D eigenvalue weighted by molar-refractivity contribution is -0.124. The number of carbonyl (C=O) groups is 2. The van der Waals surface area contributed by atoms with Gasteiger partial charge in [0.15, 0.2) is 16.4 Å². The Bertz CT molecular complexity index is 890. The zero-order chi connectivity index (χ0) is 19.2. The van der Waals surface area contributed by atoms with Gasteiger partial charge in [0, 0.05) is 18.4 Å². The molecule has 0 fully saturated rings. The van der Waals surface area contributed by atoms with Gasteiger partial charge in [0.05, 0.1) is 17.6 Å². The van der Waals surface area contributed by atoms with E-state index in [0.29, 0.717) is 5.75 Å². The van der Waals surface area contributed by atoms with Crippen LogP contribution in [0.3, 0.4) is 0 Å². The van der Waals surface area contributed by atoms with Gasteiger partial charge >= 0.3 is 5.97 Å². The summed E-state index contributed by atoms with van der Waals surface area (Å²) in [5.41, 5.74) is 0.959. The summed E-state index contributed by atoms with van der Waals surface area (Å²) in [6, 6.07) is 12.5. The van der Waals surface area contributed by atoms with Crippen molar-refractivity contribution in [2.75, 3.05) is 20.0 Å². The van der Waals surface area contributed by atoms with E-state index in [1.165, 1.54) is 31.4 Å². The summed E-state index contributed by atoms with van der Waals surface area (Å²) < 4.78 is 32.9. The van der Waals surface area contributed by atoms with E-state index in [4.69, 9.17) is 9.47 Å². The second-order valence-electron chi connectivity index (χ2n) is 5.46. The van der Waals surface area contributed by atoms with E-state index in [1.807, 2.05) is 18.2 Å². The largest absolute Gasteiger partial charge is 0.496 e. The van der Waals surface area contributed by atoms with Crippen LogP contribution >= 0.6 is 0 Å². The van der Waals surface area contributed by atoms with Gasteiger partial charge in [-0.25, -0.2) is 13.2 Å². The first kappa shape index (κ1) is 19.5. The number of carbonyl (C=O) groups excluding carboxylic acids is 2. The van der Waals surface area contributed by atoms with Gasteiger partial charge in [-0.15, -0.1) is 0 Å². The van der Waals surface area contributed by atoms with Crippen molar-refractivity contribution in [2.24, 2.45) is 0 Å².